The van der Waals surface area contributed by atoms with E-state index in [1.807, 2.05) is 27.8 Å². The summed E-state index contributed by atoms with van der Waals surface area (Å²) in [5, 5.41) is 0. The Morgan fingerprint density at radius 3 is 3.14 bits per heavy atom. The van der Waals surface area contributed by atoms with E-state index in [1.54, 1.807) is 18.7 Å². The number of amides is 1. The van der Waals surface area contributed by atoms with Gasteiger partial charge < -0.3 is 15.2 Å². The topological polar surface area (TPSA) is 77.0 Å². The van der Waals surface area contributed by atoms with Gasteiger partial charge >= 0.3 is 0 Å². The first-order valence-electron chi connectivity index (χ1n) is 7.22. The molecule has 21 heavy (non-hydrogen) atoms. The zero-order valence-corrected chi connectivity index (χ0v) is 11.9. The first kappa shape index (κ1) is 13.8. The third kappa shape index (κ3) is 2.80. The quantitative estimate of drug-likeness (QED) is 0.916. The van der Waals surface area contributed by atoms with Crippen molar-refractivity contribution in [3.8, 4) is 0 Å². The number of imidazole rings is 1. The molecule has 2 aromatic rings. The molecule has 0 aliphatic carbocycles. The molecule has 0 spiro atoms. The van der Waals surface area contributed by atoms with Crippen LogP contribution < -0.4 is 5.73 Å². The standard InChI is InChI=1S/C15H19N5O/c16-5-8-19-10-13(18-11-19)15(21)20-7-2-4-14(20)12-3-1-6-17-9-12/h1,3,6,9-11,14H,2,4-5,7-8,16H2. The predicted molar refractivity (Wildman–Crippen MR) is 78.5 cm³/mol. The molecular weight excluding hydrogens is 266 g/mol. The van der Waals surface area contributed by atoms with Gasteiger partial charge in [-0.3, -0.25) is 9.78 Å². The maximum Gasteiger partial charge on any atom is 0.274 e. The van der Waals surface area contributed by atoms with Crippen LogP contribution in [0.3, 0.4) is 0 Å². The van der Waals surface area contributed by atoms with Crippen LogP contribution in [0.2, 0.25) is 0 Å². The Kier molecular flexibility index (Phi) is 3.96. The van der Waals surface area contributed by atoms with Crippen molar-refractivity contribution < 1.29 is 4.79 Å². The molecule has 110 valence electrons. The highest BCUT2D eigenvalue weighted by molar-refractivity contribution is 5.92. The Labute approximate surface area is 123 Å². The molecular formula is C15H19N5O. The van der Waals surface area contributed by atoms with E-state index in [0.717, 1.165) is 24.9 Å². The van der Waals surface area contributed by atoms with Gasteiger partial charge in [0, 0.05) is 38.2 Å². The fourth-order valence-corrected chi connectivity index (χ4v) is 2.82. The lowest BCUT2D eigenvalue weighted by atomic mass is 10.1. The summed E-state index contributed by atoms with van der Waals surface area (Å²) in [4.78, 5) is 22.9. The van der Waals surface area contributed by atoms with Crippen LogP contribution in [-0.2, 0) is 6.54 Å². The summed E-state index contributed by atoms with van der Waals surface area (Å²) in [6, 6.07) is 4.04. The normalized spacial score (nSPS) is 18.1. The van der Waals surface area contributed by atoms with E-state index in [1.165, 1.54) is 0 Å². The second-order valence-corrected chi connectivity index (χ2v) is 5.23. The molecule has 6 heteroatoms. The Morgan fingerprint density at radius 1 is 1.48 bits per heavy atom. The number of nitrogens with two attached hydrogens (primary N) is 1. The van der Waals surface area contributed by atoms with Gasteiger partial charge in [-0.05, 0) is 24.5 Å². The van der Waals surface area contributed by atoms with E-state index in [9.17, 15) is 4.79 Å². The molecule has 3 rings (SSSR count). The number of nitrogens with zero attached hydrogens (tertiary/aromatic N) is 4. The van der Waals surface area contributed by atoms with Gasteiger partial charge in [-0.25, -0.2) is 4.98 Å². The zero-order valence-electron chi connectivity index (χ0n) is 11.9. The molecule has 1 fully saturated rings. The molecule has 1 aliphatic rings. The minimum atomic E-state index is -0.0166. The smallest absolute Gasteiger partial charge is 0.274 e. The molecule has 3 heterocycles. The van der Waals surface area contributed by atoms with Crippen LogP contribution in [0.4, 0.5) is 0 Å². The lowest BCUT2D eigenvalue weighted by molar-refractivity contribution is 0.0730. The van der Waals surface area contributed by atoms with Crippen LogP contribution in [0.25, 0.3) is 0 Å². The van der Waals surface area contributed by atoms with E-state index in [0.29, 0.717) is 18.8 Å². The van der Waals surface area contributed by atoms with E-state index in [4.69, 9.17) is 5.73 Å². The number of hydrogen-bond acceptors (Lipinski definition) is 4. The highest BCUT2D eigenvalue weighted by atomic mass is 16.2. The van der Waals surface area contributed by atoms with Crippen LogP contribution >= 0.6 is 0 Å². The summed E-state index contributed by atoms with van der Waals surface area (Å²) >= 11 is 0. The SMILES string of the molecule is NCCn1cnc(C(=O)N2CCCC2c2cccnc2)c1. The van der Waals surface area contributed by atoms with Crippen molar-refractivity contribution in [3.05, 3.63) is 48.3 Å². The summed E-state index contributed by atoms with van der Waals surface area (Å²) in [7, 11) is 0. The monoisotopic (exact) mass is 285 g/mol. The van der Waals surface area contributed by atoms with Crippen molar-refractivity contribution in [3.63, 3.8) is 0 Å². The van der Waals surface area contributed by atoms with Crippen molar-refractivity contribution in [2.45, 2.75) is 25.4 Å². The second-order valence-electron chi connectivity index (χ2n) is 5.23. The summed E-state index contributed by atoms with van der Waals surface area (Å²) in [5.41, 5.74) is 7.09. The highest BCUT2D eigenvalue weighted by Gasteiger charge is 2.31. The Hall–Kier alpha value is -2.21. The summed E-state index contributed by atoms with van der Waals surface area (Å²) < 4.78 is 1.85. The Bertz CT molecular complexity index is 610. The maximum absolute atomic E-state index is 12.6. The van der Waals surface area contributed by atoms with Crippen LogP contribution in [0, 0.1) is 0 Å². The maximum atomic E-state index is 12.6. The molecule has 0 radical (unpaired) electrons. The van der Waals surface area contributed by atoms with Crippen molar-refractivity contribution in [1.29, 1.82) is 0 Å². The number of carbonyl (C=O) groups excluding carboxylic acids is 1. The van der Waals surface area contributed by atoms with Gasteiger partial charge in [-0.15, -0.1) is 0 Å². The van der Waals surface area contributed by atoms with Gasteiger partial charge in [0.15, 0.2) is 0 Å². The minimum Gasteiger partial charge on any atom is -0.335 e. The first-order chi connectivity index (χ1) is 10.3. The molecule has 0 saturated carbocycles. The van der Waals surface area contributed by atoms with Gasteiger partial charge in [-0.1, -0.05) is 6.07 Å². The molecule has 0 bridgehead atoms. The highest BCUT2D eigenvalue weighted by Crippen LogP contribution is 2.32. The minimum absolute atomic E-state index is 0.0166. The summed E-state index contributed by atoms with van der Waals surface area (Å²) in [6.07, 6.45) is 9.00. The number of likely N-dealkylation sites (tertiary alicyclic amines) is 1. The van der Waals surface area contributed by atoms with Crippen molar-refractivity contribution >= 4 is 5.91 Å². The second kappa shape index (κ2) is 6.05. The molecule has 1 aliphatic heterocycles. The van der Waals surface area contributed by atoms with Crippen LogP contribution in [0.15, 0.2) is 37.1 Å². The lowest BCUT2D eigenvalue weighted by Crippen LogP contribution is -2.30. The molecule has 1 unspecified atom stereocenters. The van der Waals surface area contributed by atoms with E-state index < -0.39 is 0 Å². The van der Waals surface area contributed by atoms with Gasteiger partial charge in [0.2, 0.25) is 0 Å². The molecule has 6 nitrogen and oxygen atoms in total. The molecule has 1 amide bonds. The number of rotatable bonds is 4. The fourth-order valence-electron chi connectivity index (χ4n) is 2.82. The van der Waals surface area contributed by atoms with E-state index >= 15 is 0 Å². The average Bonchev–Trinajstić information content (AvgIpc) is 3.17. The number of carbonyl (C=O) groups is 1. The molecule has 1 atom stereocenters. The van der Waals surface area contributed by atoms with Crippen molar-refractivity contribution in [2.24, 2.45) is 5.73 Å². The van der Waals surface area contributed by atoms with E-state index in [-0.39, 0.29) is 11.9 Å². The Balaban J connectivity index is 1.79. The summed E-state index contributed by atoms with van der Waals surface area (Å²) in [5.74, 6) is -0.0166. The third-order valence-corrected chi connectivity index (χ3v) is 3.82. The van der Waals surface area contributed by atoms with Gasteiger partial charge in [-0.2, -0.15) is 0 Å². The van der Waals surface area contributed by atoms with Crippen molar-refractivity contribution in [1.82, 2.24) is 19.4 Å². The van der Waals surface area contributed by atoms with Crippen LogP contribution in [-0.4, -0.2) is 38.4 Å². The molecule has 0 aromatic carbocycles. The van der Waals surface area contributed by atoms with E-state index in [2.05, 4.69) is 9.97 Å². The lowest BCUT2D eigenvalue weighted by Gasteiger charge is -2.24. The number of pyridine rings is 1. The van der Waals surface area contributed by atoms with Crippen LogP contribution in [0.1, 0.15) is 34.9 Å². The van der Waals surface area contributed by atoms with Crippen molar-refractivity contribution in [2.75, 3.05) is 13.1 Å². The first-order valence-corrected chi connectivity index (χ1v) is 7.22. The van der Waals surface area contributed by atoms with Gasteiger partial charge in [0.25, 0.3) is 5.91 Å². The number of hydrogen-bond donors (Lipinski definition) is 1. The predicted octanol–water partition coefficient (Wildman–Crippen LogP) is 1.21. The van der Waals surface area contributed by atoms with Gasteiger partial charge in [0.1, 0.15) is 5.69 Å². The molecule has 2 aromatic heterocycles. The van der Waals surface area contributed by atoms with Gasteiger partial charge in [0.05, 0.1) is 12.4 Å². The zero-order chi connectivity index (χ0) is 14.7. The fraction of sp³-hybridized carbons (Fsp3) is 0.400. The Morgan fingerprint density at radius 2 is 2.38 bits per heavy atom. The molecule has 2 N–H and O–H groups in total. The van der Waals surface area contributed by atoms with Crippen LogP contribution in [0.5, 0.6) is 0 Å². The molecule has 1 saturated heterocycles. The largest absolute Gasteiger partial charge is 0.335 e. The third-order valence-electron chi connectivity index (χ3n) is 3.82. The average molecular weight is 285 g/mol. The summed E-state index contributed by atoms with van der Waals surface area (Å²) in [6.45, 7) is 1.97. The number of aromatic nitrogens is 3.